The lowest BCUT2D eigenvalue weighted by molar-refractivity contribution is 0.0944. The number of thiophene rings is 1. The number of aromatic amines is 1. The molecule has 8 heteroatoms. The van der Waals surface area contributed by atoms with Gasteiger partial charge in [0.2, 0.25) is 0 Å². The second kappa shape index (κ2) is 8.66. The fourth-order valence-electron chi connectivity index (χ4n) is 2.93. The highest BCUT2D eigenvalue weighted by Crippen LogP contribution is 2.24. The standard InChI is InChI=1S/C21H19N5O2S/c27-20(24-12-17-6-9-25-26-17)16-3-1-2-14(10-16)4-8-23-21(28)18-11-15-5-7-22-13-19(15)29-18/h1-3,5-7,9-11,13H,4,8,12H2,(H,23,28)(H,24,27)(H,25,26). The molecule has 0 radical (unpaired) electrons. The molecule has 3 N–H and O–H groups in total. The number of nitrogens with zero attached hydrogens (tertiary/aromatic N) is 2. The number of hydrogen-bond acceptors (Lipinski definition) is 5. The minimum absolute atomic E-state index is 0.0975. The lowest BCUT2D eigenvalue weighted by atomic mass is 10.1. The van der Waals surface area contributed by atoms with E-state index in [9.17, 15) is 9.59 Å². The summed E-state index contributed by atoms with van der Waals surface area (Å²) in [6, 6.07) is 13.0. The van der Waals surface area contributed by atoms with Gasteiger partial charge in [-0.25, -0.2) is 0 Å². The molecule has 0 aliphatic heterocycles. The SMILES string of the molecule is O=C(NCc1ccn[nH]1)c1cccc(CCNC(=O)c2cc3ccncc3s2)c1. The van der Waals surface area contributed by atoms with Crippen LogP contribution in [0.5, 0.6) is 0 Å². The Morgan fingerprint density at radius 3 is 2.79 bits per heavy atom. The van der Waals surface area contributed by atoms with Crippen LogP contribution in [0.15, 0.2) is 61.1 Å². The molecule has 1 aromatic carbocycles. The molecule has 2 amide bonds. The van der Waals surface area contributed by atoms with E-state index < -0.39 is 0 Å². The van der Waals surface area contributed by atoms with E-state index >= 15 is 0 Å². The Kier molecular flexibility index (Phi) is 5.62. The Labute approximate surface area is 171 Å². The Bertz CT molecular complexity index is 1100. The van der Waals surface area contributed by atoms with E-state index in [0.717, 1.165) is 21.3 Å². The normalized spacial score (nSPS) is 10.8. The van der Waals surface area contributed by atoms with Crippen molar-refractivity contribution in [2.45, 2.75) is 13.0 Å². The van der Waals surface area contributed by atoms with Crippen LogP contribution in [0, 0.1) is 0 Å². The minimum atomic E-state index is -0.149. The zero-order chi connectivity index (χ0) is 20.1. The number of hydrogen-bond donors (Lipinski definition) is 3. The molecule has 0 spiro atoms. The van der Waals surface area contributed by atoms with Crippen molar-refractivity contribution in [1.82, 2.24) is 25.8 Å². The number of amides is 2. The average Bonchev–Trinajstić information content (AvgIpc) is 3.42. The first kappa shape index (κ1) is 18.8. The zero-order valence-corrected chi connectivity index (χ0v) is 16.3. The maximum atomic E-state index is 12.4. The van der Waals surface area contributed by atoms with Gasteiger partial charge in [-0.1, -0.05) is 12.1 Å². The summed E-state index contributed by atoms with van der Waals surface area (Å²) in [4.78, 5) is 29.5. The summed E-state index contributed by atoms with van der Waals surface area (Å²) >= 11 is 1.43. The minimum Gasteiger partial charge on any atom is -0.351 e. The van der Waals surface area contributed by atoms with Crippen LogP contribution in [-0.4, -0.2) is 33.5 Å². The number of aromatic nitrogens is 3. The largest absolute Gasteiger partial charge is 0.351 e. The van der Waals surface area contributed by atoms with Crippen molar-refractivity contribution in [3.05, 3.63) is 82.8 Å². The molecule has 0 bridgehead atoms. The molecule has 0 aliphatic carbocycles. The summed E-state index contributed by atoms with van der Waals surface area (Å²) < 4.78 is 0.992. The third-order valence-corrected chi connectivity index (χ3v) is 5.52. The first-order chi connectivity index (χ1) is 14.2. The van der Waals surface area contributed by atoms with Crippen LogP contribution in [0.3, 0.4) is 0 Å². The number of fused-ring (bicyclic) bond motifs is 1. The van der Waals surface area contributed by atoms with Crippen molar-refractivity contribution >= 4 is 33.2 Å². The number of nitrogens with one attached hydrogen (secondary N) is 3. The van der Waals surface area contributed by atoms with Gasteiger partial charge in [0, 0.05) is 30.7 Å². The van der Waals surface area contributed by atoms with E-state index in [-0.39, 0.29) is 11.8 Å². The Morgan fingerprint density at radius 2 is 1.97 bits per heavy atom. The second-order valence-corrected chi connectivity index (χ2v) is 7.58. The fraction of sp³-hybridized carbons (Fsp3) is 0.143. The Morgan fingerprint density at radius 1 is 1.03 bits per heavy atom. The highest BCUT2D eigenvalue weighted by molar-refractivity contribution is 7.20. The summed E-state index contributed by atoms with van der Waals surface area (Å²) in [7, 11) is 0. The predicted molar refractivity (Wildman–Crippen MR) is 112 cm³/mol. The van der Waals surface area contributed by atoms with Gasteiger partial charge in [0.05, 0.1) is 21.8 Å². The van der Waals surface area contributed by atoms with Crippen molar-refractivity contribution < 1.29 is 9.59 Å². The summed E-state index contributed by atoms with van der Waals surface area (Å²) in [5, 5.41) is 13.5. The fourth-order valence-corrected chi connectivity index (χ4v) is 3.88. The topological polar surface area (TPSA) is 99.8 Å². The molecule has 3 aromatic heterocycles. The first-order valence-corrected chi connectivity index (χ1v) is 9.98. The smallest absolute Gasteiger partial charge is 0.261 e. The summed E-state index contributed by atoms with van der Waals surface area (Å²) in [5.74, 6) is -0.246. The Balaban J connectivity index is 1.31. The number of pyridine rings is 1. The number of carbonyl (C=O) groups excluding carboxylic acids is 2. The van der Waals surface area contributed by atoms with Gasteiger partial charge >= 0.3 is 0 Å². The molecule has 0 unspecified atom stereocenters. The van der Waals surface area contributed by atoms with Gasteiger partial charge in [-0.2, -0.15) is 5.10 Å². The lowest BCUT2D eigenvalue weighted by Crippen LogP contribution is -2.25. The van der Waals surface area contributed by atoms with Crippen LogP contribution >= 0.6 is 11.3 Å². The van der Waals surface area contributed by atoms with Crippen molar-refractivity contribution in [3.8, 4) is 0 Å². The molecule has 0 aliphatic rings. The van der Waals surface area contributed by atoms with Crippen molar-refractivity contribution in [1.29, 1.82) is 0 Å². The molecule has 4 rings (SSSR count). The molecule has 0 saturated heterocycles. The molecule has 29 heavy (non-hydrogen) atoms. The maximum absolute atomic E-state index is 12.4. The van der Waals surface area contributed by atoms with Crippen molar-refractivity contribution in [2.75, 3.05) is 6.54 Å². The van der Waals surface area contributed by atoms with Crippen LogP contribution in [0.4, 0.5) is 0 Å². The molecule has 0 fully saturated rings. The van der Waals surface area contributed by atoms with Gasteiger partial charge in [0.15, 0.2) is 0 Å². The van der Waals surface area contributed by atoms with E-state index in [4.69, 9.17) is 0 Å². The number of H-pyrrole nitrogens is 1. The van der Waals surface area contributed by atoms with Gasteiger partial charge in [-0.3, -0.25) is 19.7 Å². The van der Waals surface area contributed by atoms with E-state index in [1.807, 2.05) is 36.4 Å². The van der Waals surface area contributed by atoms with Gasteiger partial charge in [-0.05, 0) is 47.7 Å². The van der Waals surface area contributed by atoms with Gasteiger partial charge < -0.3 is 10.6 Å². The third kappa shape index (κ3) is 4.67. The zero-order valence-electron chi connectivity index (χ0n) is 15.5. The highest BCUT2D eigenvalue weighted by atomic mass is 32.1. The summed E-state index contributed by atoms with van der Waals surface area (Å²) in [5.41, 5.74) is 2.42. The quantitative estimate of drug-likeness (QED) is 0.440. The van der Waals surface area contributed by atoms with Crippen LogP contribution < -0.4 is 10.6 Å². The monoisotopic (exact) mass is 405 g/mol. The summed E-state index contributed by atoms with van der Waals surface area (Å²) in [6.45, 7) is 0.883. The van der Waals surface area contributed by atoms with Gasteiger partial charge in [0.25, 0.3) is 11.8 Å². The summed E-state index contributed by atoms with van der Waals surface area (Å²) in [6.07, 6.45) is 5.76. The number of benzene rings is 1. The molecular weight excluding hydrogens is 386 g/mol. The van der Waals surface area contributed by atoms with Crippen LogP contribution in [0.25, 0.3) is 10.1 Å². The van der Waals surface area contributed by atoms with Crippen LogP contribution in [0.2, 0.25) is 0 Å². The van der Waals surface area contributed by atoms with E-state index in [2.05, 4.69) is 25.8 Å². The molecular formula is C21H19N5O2S. The molecule has 0 saturated carbocycles. The van der Waals surface area contributed by atoms with Crippen molar-refractivity contribution in [3.63, 3.8) is 0 Å². The van der Waals surface area contributed by atoms with E-state index in [1.54, 1.807) is 24.7 Å². The van der Waals surface area contributed by atoms with E-state index in [1.165, 1.54) is 11.3 Å². The van der Waals surface area contributed by atoms with Gasteiger partial charge in [0.1, 0.15) is 0 Å². The highest BCUT2D eigenvalue weighted by Gasteiger charge is 2.10. The number of rotatable bonds is 7. The number of carbonyl (C=O) groups is 2. The molecule has 146 valence electrons. The van der Waals surface area contributed by atoms with Crippen molar-refractivity contribution in [2.24, 2.45) is 0 Å². The molecule has 0 atom stereocenters. The molecule has 3 heterocycles. The molecule has 7 nitrogen and oxygen atoms in total. The lowest BCUT2D eigenvalue weighted by Gasteiger charge is -2.07. The predicted octanol–water partition coefficient (Wildman–Crippen LogP) is 2.92. The second-order valence-electron chi connectivity index (χ2n) is 6.49. The van der Waals surface area contributed by atoms with Crippen LogP contribution in [0.1, 0.15) is 31.3 Å². The van der Waals surface area contributed by atoms with E-state index in [0.29, 0.717) is 30.0 Å². The Hall–Kier alpha value is -3.52. The maximum Gasteiger partial charge on any atom is 0.261 e. The third-order valence-electron chi connectivity index (χ3n) is 4.43. The van der Waals surface area contributed by atoms with Gasteiger partial charge in [-0.15, -0.1) is 11.3 Å². The first-order valence-electron chi connectivity index (χ1n) is 9.16. The molecule has 4 aromatic rings. The average molecular weight is 405 g/mol. The van der Waals surface area contributed by atoms with Crippen LogP contribution in [-0.2, 0) is 13.0 Å².